The molecule has 3 N–H and O–H groups in total. The Labute approximate surface area is 98.1 Å². The topological polar surface area (TPSA) is 80.5 Å². The van der Waals surface area contributed by atoms with Crippen LogP contribution in [0.1, 0.15) is 36.3 Å². The van der Waals surface area contributed by atoms with E-state index >= 15 is 0 Å². The molecule has 6 heteroatoms. The van der Waals surface area contributed by atoms with Gasteiger partial charge in [0.1, 0.15) is 10.8 Å². The summed E-state index contributed by atoms with van der Waals surface area (Å²) in [6, 6.07) is 0. The summed E-state index contributed by atoms with van der Waals surface area (Å²) in [5, 5.41) is 8.07. The van der Waals surface area contributed by atoms with Crippen molar-refractivity contribution >= 4 is 11.3 Å². The highest BCUT2D eigenvalue weighted by Gasteiger charge is 2.14. The third-order valence-corrected chi connectivity index (χ3v) is 3.44. The molecule has 0 saturated carbocycles. The first-order chi connectivity index (χ1) is 7.61. The summed E-state index contributed by atoms with van der Waals surface area (Å²) < 4.78 is 0. The number of aromatic nitrogens is 4. The first kappa shape index (κ1) is 11.2. The minimum atomic E-state index is 0.350. The number of nitrogens with one attached hydrogen (secondary N) is 1. The molecule has 0 spiro atoms. The molecule has 0 atom stereocenters. The van der Waals surface area contributed by atoms with Crippen molar-refractivity contribution in [2.45, 2.75) is 33.2 Å². The third kappa shape index (κ3) is 1.98. The second kappa shape index (κ2) is 4.31. The lowest BCUT2D eigenvalue weighted by Crippen LogP contribution is -1.94. The molecule has 16 heavy (non-hydrogen) atoms. The SMILES string of the molecule is Cc1nc(CN)sc1-c1n[nH]c(C(C)C)n1. The average Bonchev–Trinajstić information content (AvgIpc) is 2.83. The van der Waals surface area contributed by atoms with Crippen LogP contribution in [-0.4, -0.2) is 20.2 Å². The maximum Gasteiger partial charge on any atom is 0.193 e. The third-order valence-electron chi connectivity index (χ3n) is 2.27. The zero-order valence-electron chi connectivity index (χ0n) is 9.61. The molecule has 0 unspecified atom stereocenters. The number of hydrogen-bond donors (Lipinski definition) is 2. The molecular weight excluding hydrogens is 222 g/mol. The normalized spacial score (nSPS) is 11.3. The van der Waals surface area contributed by atoms with Gasteiger partial charge in [-0.25, -0.2) is 9.97 Å². The Morgan fingerprint density at radius 1 is 1.38 bits per heavy atom. The molecule has 2 aromatic rings. The highest BCUT2D eigenvalue weighted by atomic mass is 32.1. The lowest BCUT2D eigenvalue weighted by atomic mass is 10.2. The first-order valence-electron chi connectivity index (χ1n) is 5.21. The Kier molecular flexibility index (Phi) is 3.02. The Bertz CT molecular complexity index is 485. The van der Waals surface area contributed by atoms with E-state index < -0.39 is 0 Å². The van der Waals surface area contributed by atoms with Crippen molar-refractivity contribution in [1.82, 2.24) is 20.2 Å². The Morgan fingerprint density at radius 3 is 2.62 bits per heavy atom. The van der Waals surface area contributed by atoms with Crippen LogP contribution in [0.15, 0.2) is 0 Å². The van der Waals surface area contributed by atoms with Crippen LogP contribution in [0, 0.1) is 6.92 Å². The molecule has 2 rings (SSSR count). The van der Waals surface area contributed by atoms with Gasteiger partial charge in [0.25, 0.3) is 0 Å². The smallest absolute Gasteiger partial charge is 0.193 e. The standard InChI is InChI=1S/C10H15N5S/c1-5(2)9-13-10(15-14-9)8-6(3)12-7(4-11)16-8/h5H,4,11H2,1-3H3,(H,13,14,15). The van der Waals surface area contributed by atoms with Gasteiger partial charge in [0.05, 0.1) is 10.6 Å². The second-order valence-corrected chi connectivity index (χ2v) is 5.01. The van der Waals surface area contributed by atoms with Crippen molar-refractivity contribution in [3.05, 3.63) is 16.5 Å². The van der Waals surface area contributed by atoms with Crippen molar-refractivity contribution in [1.29, 1.82) is 0 Å². The minimum absolute atomic E-state index is 0.350. The van der Waals surface area contributed by atoms with E-state index in [4.69, 9.17) is 5.73 Å². The van der Waals surface area contributed by atoms with E-state index in [9.17, 15) is 0 Å². The predicted molar refractivity (Wildman–Crippen MR) is 64.2 cm³/mol. The summed E-state index contributed by atoms with van der Waals surface area (Å²) in [6.07, 6.45) is 0. The molecule has 0 bridgehead atoms. The molecule has 0 aliphatic heterocycles. The van der Waals surface area contributed by atoms with Crippen molar-refractivity contribution in [2.75, 3.05) is 0 Å². The van der Waals surface area contributed by atoms with Gasteiger partial charge in [0, 0.05) is 12.5 Å². The van der Waals surface area contributed by atoms with Gasteiger partial charge in [0.2, 0.25) is 0 Å². The van der Waals surface area contributed by atoms with Gasteiger partial charge in [-0.2, -0.15) is 5.10 Å². The van der Waals surface area contributed by atoms with Gasteiger partial charge in [-0.15, -0.1) is 11.3 Å². The van der Waals surface area contributed by atoms with Crippen LogP contribution >= 0.6 is 11.3 Å². The highest BCUT2D eigenvalue weighted by molar-refractivity contribution is 7.15. The summed E-state index contributed by atoms with van der Waals surface area (Å²) in [5.74, 6) is 1.97. The van der Waals surface area contributed by atoms with Crippen LogP contribution in [0.25, 0.3) is 10.7 Å². The summed E-state index contributed by atoms with van der Waals surface area (Å²) >= 11 is 1.56. The van der Waals surface area contributed by atoms with E-state index in [1.807, 2.05) is 6.92 Å². The highest BCUT2D eigenvalue weighted by Crippen LogP contribution is 2.27. The fourth-order valence-electron chi connectivity index (χ4n) is 1.38. The van der Waals surface area contributed by atoms with Crippen LogP contribution in [0.5, 0.6) is 0 Å². The average molecular weight is 237 g/mol. The largest absolute Gasteiger partial charge is 0.325 e. The molecule has 0 aromatic carbocycles. The Hall–Kier alpha value is -1.27. The Morgan fingerprint density at radius 2 is 2.12 bits per heavy atom. The van der Waals surface area contributed by atoms with E-state index in [2.05, 4.69) is 34.0 Å². The van der Waals surface area contributed by atoms with Gasteiger partial charge in [0.15, 0.2) is 5.82 Å². The molecule has 0 fully saturated rings. The predicted octanol–water partition coefficient (Wildman–Crippen LogP) is 1.82. The number of thiazole rings is 1. The second-order valence-electron chi connectivity index (χ2n) is 3.93. The van der Waals surface area contributed by atoms with Crippen molar-refractivity contribution in [2.24, 2.45) is 5.73 Å². The van der Waals surface area contributed by atoms with Gasteiger partial charge in [-0.1, -0.05) is 13.8 Å². The van der Waals surface area contributed by atoms with Gasteiger partial charge in [-0.05, 0) is 6.92 Å². The summed E-state index contributed by atoms with van der Waals surface area (Å²) in [7, 11) is 0. The first-order valence-corrected chi connectivity index (χ1v) is 6.02. The number of aryl methyl sites for hydroxylation is 1. The van der Waals surface area contributed by atoms with E-state index in [1.165, 1.54) is 0 Å². The van der Waals surface area contributed by atoms with Crippen molar-refractivity contribution in [3.63, 3.8) is 0 Å². The number of nitrogens with two attached hydrogens (primary N) is 1. The molecule has 0 amide bonds. The quantitative estimate of drug-likeness (QED) is 0.853. The number of aromatic amines is 1. The lowest BCUT2D eigenvalue weighted by molar-refractivity contribution is 0.781. The maximum atomic E-state index is 5.56. The summed E-state index contributed by atoms with van der Waals surface area (Å²) in [5.41, 5.74) is 6.51. The summed E-state index contributed by atoms with van der Waals surface area (Å²) in [4.78, 5) is 9.81. The molecule has 0 aliphatic rings. The fourth-order valence-corrected chi connectivity index (χ4v) is 2.26. The maximum absolute atomic E-state index is 5.56. The fraction of sp³-hybridized carbons (Fsp3) is 0.500. The number of nitrogens with zero attached hydrogens (tertiary/aromatic N) is 3. The van der Waals surface area contributed by atoms with Crippen molar-refractivity contribution < 1.29 is 0 Å². The van der Waals surface area contributed by atoms with E-state index in [1.54, 1.807) is 11.3 Å². The van der Waals surface area contributed by atoms with E-state index in [0.29, 0.717) is 12.5 Å². The van der Waals surface area contributed by atoms with Crippen LogP contribution in [-0.2, 0) is 6.54 Å². The van der Waals surface area contributed by atoms with Crippen LogP contribution < -0.4 is 5.73 Å². The molecular formula is C10H15N5S. The lowest BCUT2D eigenvalue weighted by Gasteiger charge is -1.94. The minimum Gasteiger partial charge on any atom is -0.325 e. The number of H-pyrrole nitrogens is 1. The van der Waals surface area contributed by atoms with Gasteiger partial charge in [-0.3, -0.25) is 5.10 Å². The van der Waals surface area contributed by atoms with E-state index in [-0.39, 0.29) is 0 Å². The molecule has 0 aliphatic carbocycles. The van der Waals surface area contributed by atoms with Crippen LogP contribution in [0.4, 0.5) is 0 Å². The molecule has 0 saturated heterocycles. The zero-order chi connectivity index (χ0) is 11.7. The molecule has 86 valence electrons. The molecule has 2 aromatic heterocycles. The molecule has 5 nitrogen and oxygen atoms in total. The molecule has 0 radical (unpaired) electrons. The Balaban J connectivity index is 2.38. The van der Waals surface area contributed by atoms with Crippen molar-refractivity contribution in [3.8, 4) is 10.7 Å². The molecule has 2 heterocycles. The number of hydrogen-bond acceptors (Lipinski definition) is 5. The van der Waals surface area contributed by atoms with E-state index in [0.717, 1.165) is 27.2 Å². The van der Waals surface area contributed by atoms with Crippen LogP contribution in [0.2, 0.25) is 0 Å². The number of rotatable bonds is 3. The zero-order valence-corrected chi connectivity index (χ0v) is 10.4. The monoisotopic (exact) mass is 237 g/mol. The summed E-state index contributed by atoms with van der Waals surface area (Å²) in [6.45, 7) is 6.58. The van der Waals surface area contributed by atoms with Gasteiger partial charge < -0.3 is 5.73 Å². The van der Waals surface area contributed by atoms with Crippen LogP contribution in [0.3, 0.4) is 0 Å². The van der Waals surface area contributed by atoms with Gasteiger partial charge >= 0.3 is 0 Å².